The van der Waals surface area contributed by atoms with E-state index >= 15 is 0 Å². The van der Waals surface area contributed by atoms with E-state index in [4.69, 9.17) is 0 Å². The maximum Gasteiger partial charge on any atom is 0.320 e. The molecule has 2 amide bonds. The van der Waals surface area contributed by atoms with Crippen molar-refractivity contribution in [1.29, 1.82) is 0 Å². The first kappa shape index (κ1) is 14.2. The number of urea groups is 1. The van der Waals surface area contributed by atoms with Gasteiger partial charge < -0.3 is 14.9 Å². The Hall–Kier alpha value is -1.26. The minimum absolute atomic E-state index is 0.0873. The van der Waals surface area contributed by atoms with Gasteiger partial charge in [-0.3, -0.25) is 4.79 Å². The maximum atomic E-state index is 12.4. The first-order chi connectivity index (χ1) is 8.83. The Balaban J connectivity index is 1.95. The molecule has 2 aliphatic rings. The van der Waals surface area contributed by atoms with Crippen LogP contribution in [0, 0.1) is 11.3 Å². The molecule has 1 N–H and O–H groups in total. The maximum absolute atomic E-state index is 12.4. The van der Waals surface area contributed by atoms with Crippen LogP contribution in [-0.4, -0.2) is 52.6 Å². The summed E-state index contributed by atoms with van der Waals surface area (Å²) in [5, 5.41) is 9.20. The normalized spacial score (nSPS) is 30.5. The number of carboxylic acid groups (broad SMARTS) is 1. The van der Waals surface area contributed by atoms with Gasteiger partial charge in [0.05, 0.1) is 5.41 Å². The summed E-state index contributed by atoms with van der Waals surface area (Å²) < 4.78 is 0. The molecule has 2 fully saturated rings. The summed E-state index contributed by atoms with van der Waals surface area (Å²) in [6.07, 6.45) is 2.16. The highest BCUT2D eigenvalue weighted by Crippen LogP contribution is 2.32. The molecule has 0 bridgehead atoms. The molecule has 0 aromatic carbocycles. The molecule has 0 aromatic heterocycles. The third-order valence-corrected chi connectivity index (χ3v) is 4.68. The van der Waals surface area contributed by atoms with E-state index < -0.39 is 11.4 Å². The fourth-order valence-electron chi connectivity index (χ4n) is 3.15. The fraction of sp³-hybridized carbons (Fsp3) is 0.857. The lowest BCUT2D eigenvalue weighted by Crippen LogP contribution is -2.50. The number of hydrogen-bond acceptors (Lipinski definition) is 2. The van der Waals surface area contributed by atoms with Crippen molar-refractivity contribution < 1.29 is 14.7 Å². The monoisotopic (exact) mass is 268 g/mol. The Bertz CT molecular complexity index is 375. The zero-order valence-corrected chi connectivity index (χ0v) is 12.1. The molecule has 0 aromatic rings. The molecular weight excluding hydrogens is 244 g/mol. The number of aliphatic carboxylic acids is 1. The summed E-state index contributed by atoms with van der Waals surface area (Å²) in [6.45, 7) is 7.97. The molecule has 5 heteroatoms. The molecule has 0 radical (unpaired) electrons. The SMILES string of the molecule is CC1CC(C)N(C(=O)N2CCC(C)(C(=O)O)CC2)C1. The molecule has 108 valence electrons. The standard InChI is InChI=1S/C14H24N2O3/c1-10-8-11(2)16(9-10)13(19)15-6-4-14(3,5-7-15)12(17)18/h10-11H,4-9H2,1-3H3,(H,17,18). The van der Waals surface area contributed by atoms with Crippen LogP contribution in [-0.2, 0) is 4.79 Å². The van der Waals surface area contributed by atoms with E-state index in [1.807, 2.05) is 9.80 Å². The van der Waals surface area contributed by atoms with E-state index in [2.05, 4.69) is 13.8 Å². The molecule has 2 unspecified atom stereocenters. The zero-order valence-electron chi connectivity index (χ0n) is 12.1. The lowest BCUT2D eigenvalue weighted by molar-refractivity contribution is -0.150. The molecule has 0 aliphatic carbocycles. The van der Waals surface area contributed by atoms with Gasteiger partial charge >= 0.3 is 12.0 Å². The van der Waals surface area contributed by atoms with Crippen molar-refractivity contribution >= 4 is 12.0 Å². The summed E-state index contributed by atoms with van der Waals surface area (Å²) in [7, 11) is 0. The minimum Gasteiger partial charge on any atom is -0.481 e. The van der Waals surface area contributed by atoms with Gasteiger partial charge in [0.1, 0.15) is 0 Å². The van der Waals surface area contributed by atoms with Crippen LogP contribution in [0.1, 0.15) is 40.0 Å². The van der Waals surface area contributed by atoms with Gasteiger partial charge in [0.15, 0.2) is 0 Å². The molecular formula is C14H24N2O3. The fourth-order valence-corrected chi connectivity index (χ4v) is 3.15. The number of carbonyl (C=O) groups excluding carboxylic acids is 1. The number of likely N-dealkylation sites (tertiary alicyclic amines) is 2. The van der Waals surface area contributed by atoms with Gasteiger partial charge in [-0.05, 0) is 39.0 Å². The zero-order chi connectivity index (χ0) is 14.2. The van der Waals surface area contributed by atoms with Crippen molar-refractivity contribution in [1.82, 2.24) is 9.80 Å². The van der Waals surface area contributed by atoms with E-state index in [1.54, 1.807) is 6.92 Å². The first-order valence-electron chi connectivity index (χ1n) is 7.12. The third-order valence-electron chi connectivity index (χ3n) is 4.68. The lowest BCUT2D eigenvalue weighted by Gasteiger charge is -2.39. The molecule has 2 saturated heterocycles. The second-order valence-electron chi connectivity index (χ2n) is 6.48. The van der Waals surface area contributed by atoms with Crippen molar-refractivity contribution in [2.75, 3.05) is 19.6 Å². The summed E-state index contributed by atoms with van der Waals surface area (Å²) in [4.78, 5) is 27.4. The first-order valence-corrected chi connectivity index (χ1v) is 7.12. The highest BCUT2D eigenvalue weighted by molar-refractivity contribution is 5.77. The van der Waals surface area contributed by atoms with Crippen LogP contribution in [0.15, 0.2) is 0 Å². The summed E-state index contributed by atoms with van der Waals surface area (Å²) in [5.41, 5.74) is -0.666. The molecule has 0 spiro atoms. The number of hydrogen-bond donors (Lipinski definition) is 1. The predicted molar refractivity (Wildman–Crippen MR) is 71.9 cm³/mol. The summed E-state index contributed by atoms with van der Waals surface area (Å²) >= 11 is 0. The smallest absolute Gasteiger partial charge is 0.320 e. The summed E-state index contributed by atoms with van der Waals surface area (Å²) in [5.74, 6) is -0.184. The van der Waals surface area contributed by atoms with Crippen molar-refractivity contribution in [2.45, 2.75) is 46.1 Å². The van der Waals surface area contributed by atoms with Crippen LogP contribution >= 0.6 is 0 Å². The van der Waals surface area contributed by atoms with Crippen LogP contribution in [0.25, 0.3) is 0 Å². The number of carboxylic acids is 1. The molecule has 2 atom stereocenters. The lowest BCUT2D eigenvalue weighted by atomic mass is 9.80. The average Bonchev–Trinajstić information content (AvgIpc) is 2.68. The van der Waals surface area contributed by atoms with Crippen molar-refractivity contribution in [3.05, 3.63) is 0 Å². The van der Waals surface area contributed by atoms with Crippen LogP contribution in [0.3, 0.4) is 0 Å². The highest BCUT2D eigenvalue weighted by atomic mass is 16.4. The number of carbonyl (C=O) groups is 2. The van der Waals surface area contributed by atoms with Crippen LogP contribution in [0.5, 0.6) is 0 Å². The number of amides is 2. The van der Waals surface area contributed by atoms with Gasteiger partial charge in [0.25, 0.3) is 0 Å². The Morgan fingerprint density at radius 2 is 1.79 bits per heavy atom. The van der Waals surface area contributed by atoms with Crippen molar-refractivity contribution in [3.8, 4) is 0 Å². The molecule has 2 aliphatic heterocycles. The van der Waals surface area contributed by atoms with Crippen molar-refractivity contribution in [2.24, 2.45) is 11.3 Å². The Kier molecular flexibility index (Phi) is 3.74. The second-order valence-corrected chi connectivity index (χ2v) is 6.48. The van der Waals surface area contributed by atoms with Gasteiger partial charge in [-0.1, -0.05) is 6.92 Å². The molecule has 5 nitrogen and oxygen atoms in total. The van der Waals surface area contributed by atoms with E-state index in [0.29, 0.717) is 37.9 Å². The Labute approximate surface area is 114 Å². The van der Waals surface area contributed by atoms with E-state index in [1.165, 1.54) is 0 Å². The van der Waals surface area contributed by atoms with Crippen molar-refractivity contribution in [3.63, 3.8) is 0 Å². The molecule has 2 heterocycles. The van der Waals surface area contributed by atoms with E-state index in [-0.39, 0.29) is 6.03 Å². The molecule has 0 saturated carbocycles. The Morgan fingerprint density at radius 1 is 1.21 bits per heavy atom. The summed E-state index contributed by atoms with van der Waals surface area (Å²) in [6, 6.07) is 0.388. The molecule has 19 heavy (non-hydrogen) atoms. The predicted octanol–water partition coefficient (Wildman–Crippen LogP) is 2.02. The number of piperidine rings is 1. The largest absolute Gasteiger partial charge is 0.481 e. The minimum atomic E-state index is -0.747. The van der Waals surface area contributed by atoms with Crippen LogP contribution in [0.2, 0.25) is 0 Å². The number of rotatable bonds is 1. The van der Waals surface area contributed by atoms with Gasteiger partial charge in [-0.15, -0.1) is 0 Å². The number of nitrogens with zero attached hydrogens (tertiary/aromatic N) is 2. The van der Waals surface area contributed by atoms with Crippen LogP contribution in [0.4, 0.5) is 4.79 Å². The highest BCUT2D eigenvalue weighted by Gasteiger charge is 2.40. The topological polar surface area (TPSA) is 60.9 Å². The van der Waals surface area contributed by atoms with E-state index in [9.17, 15) is 14.7 Å². The third kappa shape index (κ3) is 2.69. The van der Waals surface area contributed by atoms with Gasteiger partial charge in [0, 0.05) is 25.7 Å². The van der Waals surface area contributed by atoms with E-state index in [0.717, 1.165) is 13.0 Å². The van der Waals surface area contributed by atoms with Gasteiger partial charge in [-0.25, -0.2) is 4.79 Å². The molecule has 2 rings (SSSR count). The van der Waals surface area contributed by atoms with Gasteiger partial charge in [-0.2, -0.15) is 0 Å². The second kappa shape index (κ2) is 5.02. The average molecular weight is 268 g/mol. The quantitative estimate of drug-likeness (QED) is 0.791. The van der Waals surface area contributed by atoms with Crippen LogP contribution < -0.4 is 0 Å². The Morgan fingerprint density at radius 3 is 2.21 bits per heavy atom. The van der Waals surface area contributed by atoms with Gasteiger partial charge in [0.2, 0.25) is 0 Å².